The topological polar surface area (TPSA) is 81.5 Å². The van der Waals surface area contributed by atoms with Crippen molar-refractivity contribution in [2.45, 2.75) is 13.2 Å². The highest BCUT2D eigenvalue weighted by Crippen LogP contribution is 2.26. The molecule has 6 nitrogen and oxygen atoms in total. The zero-order valence-electron chi connectivity index (χ0n) is 13.2. The van der Waals surface area contributed by atoms with Gasteiger partial charge in [0.1, 0.15) is 5.75 Å². The van der Waals surface area contributed by atoms with E-state index >= 15 is 0 Å². The first-order valence-electron chi connectivity index (χ1n) is 7.29. The van der Waals surface area contributed by atoms with Crippen LogP contribution in [0.5, 0.6) is 5.75 Å². The van der Waals surface area contributed by atoms with Crippen molar-refractivity contribution in [1.82, 2.24) is 5.32 Å². The minimum atomic E-state index is -2.97. The number of amides is 1. The Balaban J connectivity index is 1.99. The van der Waals surface area contributed by atoms with Gasteiger partial charge >= 0.3 is 6.61 Å². The van der Waals surface area contributed by atoms with E-state index in [0.29, 0.717) is 15.6 Å². The van der Waals surface area contributed by atoms with Gasteiger partial charge in [0.2, 0.25) is 5.91 Å². The van der Waals surface area contributed by atoms with Gasteiger partial charge in [-0.05, 0) is 29.8 Å². The Labute approximate surface area is 155 Å². The number of ether oxygens (including phenoxy) is 1. The SMILES string of the molecule is O=C(C=Cc1cc(Br)ccc1OC(F)F)NCc1ccc([N+](=O)[O-])cc1. The maximum absolute atomic E-state index is 12.4. The summed E-state index contributed by atoms with van der Waals surface area (Å²) in [5.41, 5.74) is 0.952. The molecule has 0 radical (unpaired) electrons. The number of nitro benzene ring substituents is 1. The van der Waals surface area contributed by atoms with E-state index < -0.39 is 17.4 Å². The van der Waals surface area contributed by atoms with Gasteiger partial charge in [0.15, 0.2) is 0 Å². The molecule has 0 heterocycles. The van der Waals surface area contributed by atoms with Crippen LogP contribution in [-0.4, -0.2) is 17.4 Å². The average Bonchev–Trinajstić information content (AvgIpc) is 2.60. The van der Waals surface area contributed by atoms with Gasteiger partial charge in [0.05, 0.1) is 4.92 Å². The standard InChI is InChI=1S/C17H13BrF2N2O4/c18-13-4-7-15(26-17(19)20)12(9-13)3-8-16(23)21-10-11-1-5-14(6-2-11)22(24)25/h1-9,17H,10H2,(H,21,23). The van der Waals surface area contributed by atoms with Crippen LogP contribution in [0, 0.1) is 10.1 Å². The second-order valence-corrected chi connectivity index (χ2v) is 5.95. The number of carbonyl (C=O) groups excluding carboxylic acids is 1. The number of carbonyl (C=O) groups is 1. The van der Waals surface area contributed by atoms with Gasteiger partial charge in [0, 0.05) is 34.8 Å². The first-order valence-corrected chi connectivity index (χ1v) is 8.08. The average molecular weight is 427 g/mol. The summed E-state index contributed by atoms with van der Waals surface area (Å²) in [6, 6.07) is 10.2. The Hall–Kier alpha value is -2.81. The van der Waals surface area contributed by atoms with Crippen molar-refractivity contribution in [3.8, 4) is 5.75 Å². The summed E-state index contributed by atoms with van der Waals surface area (Å²) < 4.78 is 29.9. The summed E-state index contributed by atoms with van der Waals surface area (Å²) in [5, 5.41) is 13.2. The third kappa shape index (κ3) is 5.92. The number of nitrogens with zero attached hydrogens (tertiary/aromatic N) is 1. The molecule has 0 unspecified atom stereocenters. The van der Waals surface area contributed by atoms with E-state index in [4.69, 9.17) is 0 Å². The molecule has 0 fully saturated rings. The van der Waals surface area contributed by atoms with Crippen LogP contribution in [0.2, 0.25) is 0 Å². The summed E-state index contributed by atoms with van der Waals surface area (Å²) in [6.07, 6.45) is 2.54. The van der Waals surface area contributed by atoms with E-state index in [1.54, 1.807) is 6.07 Å². The van der Waals surface area contributed by atoms with Crippen LogP contribution in [0.1, 0.15) is 11.1 Å². The number of halogens is 3. The number of hydrogen-bond donors (Lipinski definition) is 1. The Morgan fingerprint density at radius 2 is 1.96 bits per heavy atom. The minimum Gasteiger partial charge on any atom is -0.434 e. The van der Waals surface area contributed by atoms with Gasteiger partial charge < -0.3 is 10.1 Å². The largest absolute Gasteiger partial charge is 0.434 e. The van der Waals surface area contributed by atoms with Crippen molar-refractivity contribution in [3.05, 3.63) is 74.3 Å². The summed E-state index contributed by atoms with van der Waals surface area (Å²) in [4.78, 5) is 21.9. The van der Waals surface area contributed by atoms with Gasteiger partial charge in [-0.15, -0.1) is 0 Å². The molecule has 1 N–H and O–H groups in total. The van der Waals surface area contributed by atoms with E-state index in [1.165, 1.54) is 48.6 Å². The molecule has 9 heteroatoms. The molecule has 136 valence electrons. The molecule has 0 aliphatic heterocycles. The number of rotatable bonds is 7. The second kappa shape index (κ2) is 9.04. The van der Waals surface area contributed by atoms with Crippen LogP contribution in [0.25, 0.3) is 6.08 Å². The quantitative estimate of drug-likeness (QED) is 0.406. The van der Waals surface area contributed by atoms with Crippen molar-refractivity contribution in [3.63, 3.8) is 0 Å². The fraction of sp³-hybridized carbons (Fsp3) is 0.118. The van der Waals surface area contributed by atoms with E-state index in [9.17, 15) is 23.7 Å². The number of hydrogen-bond acceptors (Lipinski definition) is 4. The molecule has 0 spiro atoms. The van der Waals surface area contributed by atoms with E-state index in [1.807, 2.05) is 0 Å². The van der Waals surface area contributed by atoms with Gasteiger partial charge in [-0.2, -0.15) is 8.78 Å². The molecule has 0 aliphatic rings. The zero-order chi connectivity index (χ0) is 19.1. The fourth-order valence-electron chi connectivity index (χ4n) is 2.00. The van der Waals surface area contributed by atoms with Crippen LogP contribution >= 0.6 is 15.9 Å². The summed E-state index contributed by atoms with van der Waals surface area (Å²) in [6.45, 7) is -2.81. The number of non-ortho nitro benzene ring substituents is 1. The normalized spacial score (nSPS) is 10.9. The number of nitrogens with one attached hydrogen (secondary N) is 1. The van der Waals surface area contributed by atoms with E-state index in [2.05, 4.69) is 26.0 Å². The fourth-order valence-corrected chi connectivity index (χ4v) is 2.38. The van der Waals surface area contributed by atoms with Crippen LogP contribution < -0.4 is 10.1 Å². The first kappa shape index (κ1) is 19.5. The predicted molar refractivity (Wildman–Crippen MR) is 94.8 cm³/mol. The maximum atomic E-state index is 12.4. The summed E-state index contributed by atoms with van der Waals surface area (Å²) in [7, 11) is 0. The Kier molecular flexibility index (Phi) is 6.79. The lowest BCUT2D eigenvalue weighted by Gasteiger charge is -2.08. The van der Waals surface area contributed by atoms with Gasteiger partial charge in [-0.3, -0.25) is 14.9 Å². The van der Waals surface area contributed by atoms with Crippen LogP contribution in [0.4, 0.5) is 14.5 Å². The van der Waals surface area contributed by atoms with Crippen molar-refractivity contribution >= 4 is 33.6 Å². The molecule has 0 saturated heterocycles. The number of benzene rings is 2. The number of alkyl halides is 2. The molecule has 1 amide bonds. The summed E-state index contributed by atoms with van der Waals surface area (Å²) in [5.74, 6) is -0.506. The van der Waals surface area contributed by atoms with Crippen molar-refractivity contribution < 1.29 is 23.2 Å². The van der Waals surface area contributed by atoms with Crippen molar-refractivity contribution in [2.75, 3.05) is 0 Å². The highest BCUT2D eigenvalue weighted by Gasteiger charge is 2.09. The molecule has 2 rings (SSSR count). The predicted octanol–water partition coefficient (Wildman–Crippen LogP) is 4.29. The Morgan fingerprint density at radius 3 is 2.58 bits per heavy atom. The lowest BCUT2D eigenvalue weighted by Crippen LogP contribution is -2.20. The van der Waals surface area contributed by atoms with E-state index in [0.717, 1.165) is 0 Å². The molecule has 2 aromatic carbocycles. The van der Waals surface area contributed by atoms with Gasteiger partial charge in [-0.25, -0.2) is 0 Å². The third-order valence-electron chi connectivity index (χ3n) is 3.22. The first-order chi connectivity index (χ1) is 12.3. The molecule has 0 aromatic heterocycles. The molecule has 0 bridgehead atoms. The van der Waals surface area contributed by atoms with Gasteiger partial charge in [-0.1, -0.05) is 28.1 Å². The monoisotopic (exact) mass is 426 g/mol. The molecular weight excluding hydrogens is 414 g/mol. The third-order valence-corrected chi connectivity index (χ3v) is 3.71. The van der Waals surface area contributed by atoms with Gasteiger partial charge in [0.25, 0.3) is 5.69 Å². The zero-order valence-corrected chi connectivity index (χ0v) is 14.8. The molecule has 0 aliphatic carbocycles. The Bertz CT molecular complexity index is 826. The van der Waals surface area contributed by atoms with Crippen LogP contribution in [0.3, 0.4) is 0 Å². The Morgan fingerprint density at radius 1 is 1.27 bits per heavy atom. The summed E-state index contributed by atoms with van der Waals surface area (Å²) >= 11 is 3.22. The molecule has 26 heavy (non-hydrogen) atoms. The molecule has 2 aromatic rings. The second-order valence-electron chi connectivity index (χ2n) is 5.04. The van der Waals surface area contributed by atoms with Crippen LogP contribution in [0.15, 0.2) is 53.0 Å². The highest BCUT2D eigenvalue weighted by molar-refractivity contribution is 9.10. The minimum absolute atomic E-state index is 0.0406. The lowest BCUT2D eigenvalue weighted by molar-refractivity contribution is -0.384. The van der Waals surface area contributed by atoms with Crippen molar-refractivity contribution in [2.24, 2.45) is 0 Å². The molecular formula is C17H13BrF2N2O4. The maximum Gasteiger partial charge on any atom is 0.387 e. The van der Waals surface area contributed by atoms with Crippen LogP contribution in [-0.2, 0) is 11.3 Å². The molecule has 0 saturated carbocycles. The van der Waals surface area contributed by atoms with E-state index in [-0.39, 0.29) is 18.0 Å². The smallest absolute Gasteiger partial charge is 0.387 e. The highest BCUT2D eigenvalue weighted by atomic mass is 79.9. The number of nitro groups is 1. The molecule has 0 atom stereocenters. The van der Waals surface area contributed by atoms with Crippen molar-refractivity contribution in [1.29, 1.82) is 0 Å². The lowest BCUT2D eigenvalue weighted by atomic mass is 10.2.